The maximum absolute atomic E-state index is 5.46. The van der Waals surface area contributed by atoms with Crippen LogP contribution < -0.4 is 15.0 Å². The van der Waals surface area contributed by atoms with Crippen molar-refractivity contribution < 1.29 is 4.74 Å². The third-order valence-corrected chi connectivity index (χ3v) is 2.72. The third kappa shape index (κ3) is 2.41. The first-order valence-electron chi connectivity index (χ1n) is 5.69. The second-order valence-electron chi connectivity index (χ2n) is 3.99. The SMILES string of the molecule is CCCOc1cncc(N(C)C2CNC2)n1. The lowest BCUT2D eigenvalue weighted by Crippen LogP contribution is -2.56. The second kappa shape index (κ2) is 5.12. The van der Waals surface area contributed by atoms with Crippen molar-refractivity contribution in [2.45, 2.75) is 19.4 Å². The van der Waals surface area contributed by atoms with E-state index in [2.05, 4.69) is 27.1 Å². The summed E-state index contributed by atoms with van der Waals surface area (Å²) in [5.74, 6) is 1.48. The van der Waals surface area contributed by atoms with Gasteiger partial charge in [0.1, 0.15) is 0 Å². The molecule has 0 spiro atoms. The van der Waals surface area contributed by atoms with Gasteiger partial charge < -0.3 is 15.0 Å². The topological polar surface area (TPSA) is 50.3 Å². The maximum atomic E-state index is 5.46. The molecule has 88 valence electrons. The minimum absolute atomic E-state index is 0.524. The van der Waals surface area contributed by atoms with E-state index >= 15 is 0 Å². The van der Waals surface area contributed by atoms with E-state index in [1.807, 2.05) is 7.05 Å². The van der Waals surface area contributed by atoms with Gasteiger partial charge in [-0.15, -0.1) is 0 Å². The Morgan fingerprint density at radius 3 is 2.94 bits per heavy atom. The first kappa shape index (κ1) is 11.1. The Balaban J connectivity index is 2.02. The zero-order valence-electron chi connectivity index (χ0n) is 9.81. The Kier molecular flexibility index (Phi) is 3.56. The van der Waals surface area contributed by atoms with Gasteiger partial charge in [-0.1, -0.05) is 6.92 Å². The summed E-state index contributed by atoms with van der Waals surface area (Å²) in [5.41, 5.74) is 0. The summed E-state index contributed by atoms with van der Waals surface area (Å²) in [6, 6.07) is 0.524. The van der Waals surface area contributed by atoms with Crippen LogP contribution in [0.25, 0.3) is 0 Å². The summed E-state index contributed by atoms with van der Waals surface area (Å²) in [7, 11) is 2.04. The van der Waals surface area contributed by atoms with Crippen LogP contribution in [0.1, 0.15) is 13.3 Å². The molecule has 1 aromatic heterocycles. The predicted octanol–water partition coefficient (Wildman–Crippen LogP) is 0.673. The van der Waals surface area contributed by atoms with Gasteiger partial charge in [0.05, 0.1) is 25.0 Å². The molecule has 0 unspecified atom stereocenters. The van der Waals surface area contributed by atoms with Crippen molar-refractivity contribution >= 4 is 5.82 Å². The van der Waals surface area contributed by atoms with E-state index in [0.29, 0.717) is 18.5 Å². The zero-order valence-corrected chi connectivity index (χ0v) is 9.81. The predicted molar refractivity (Wildman–Crippen MR) is 62.9 cm³/mol. The molecule has 0 atom stereocenters. The summed E-state index contributed by atoms with van der Waals surface area (Å²) in [5, 5.41) is 3.24. The minimum Gasteiger partial charge on any atom is -0.477 e. The van der Waals surface area contributed by atoms with Crippen LogP contribution in [0.3, 0.4) is 0 Å². The Bertz CT molecular complexity index is 341. The van der Waals surface area contributed by atoms with Crippen molar-refractivity contribution in [1.82, 2.24) is 15.3 Å². The number of hydrogen-bond donors (Lipinski definition) is 1. The summed E-state index contributed by atoms with van der Waals surface area (Å²) in [6.45, 7) is 4.78. The highest BCUT2D eigenvalue weighted by molar-refractivity contribution is 5.38. The van der Waals surface area contributed by atoms with E-state index < -0.39 is 0 Å². The molecule has 0 aromatic carbocycles. The normalized spacial score (nSPS) is 15.6. The van der Waals surface area contributed by atoms with Crippen molar-refractivity contribution in [1.29, 1.82) is 0 Å². The van der Waals surface area contributed by atoms with Gasteiger partial charge in [0.2, 0.25) is 5.88 Å². The molecule has 1 aliphatic rings. The van der Waals surface area contributed by atoms with E-state index in [1.165, 1.54) is 0 Å². The van der Waals surface area contributed by atoms with Crippen LogP contribution in [0.4, 0.5) is 5.82 Å². The fourth-order valence-corrected chi connectivity index (χ4v) is 1.52. The van der Waals surface area contributed by atoms with E-state index in [9.17, 15) is 0 Å². The monoisotopic (exact) mass is 222 g/mol. The fraction of sp³-hybridized carbons (Fsp3) is 0.636. The summed E-state index contributed by atoms with van der Waals surface area (Å²) in [6.07, 6.45) is 4.41. The number of nitrogens with one attached hydrogen (secondary N) is 1. The molecule has 0 radical (unpaired) electrons. The number of nitrogens with zero attached hydrogens (tertiary/aromatic N) is 3. The van der Waals surface area contributed by atoms with Gasteiger partial charge in [-0.3, -0.25) is 4.98 Å². The van der Waals surface area contributed by atoms with Gasteiger partial charge in [0, 0.05) is 20.1 Å². The highest BCUT2D eigenvalue weighted by atomic mass is 16.5. The summed E-state index contributed by atoms with van der Waals surface area (Å²) < 4.78 is 5.46. The van der Waals surface area contributed by atoms with Gasteiger partial charge >= 0.3 is 0 Å². The molecule has 0 aliphatic carbocycles. The van der Waals surface area contributed by atoms with E-state index in [0.717, 1.165) is 25.3 Å². The number of hydrogen-bond acceptors (Lipinski definition) is 5. The number of anilines is 1. The van der Waals surface area contributed by atoms with Crippen molar-refractivity contribution in [3.63, 3.8) is 0 Å². The van der Waals surface area contributed by atoms with Crippen molar-refractivity contribution in [2.24, 2.45) is 0 Å². The molecule has 16 heavy (non-hydrogen) atoms. The number of rotatable bonds is 5. The van der Waals surface area contributed by atoms with Gasteiger partial charge in [-0.2, -0.15) is 4.98 Å². The lowest BCUT2D eigenvalue weighted by Gasteiger charge is -2.36. The van der Waals surface area contributed by atoms with Crippen molar-refractivity contribution in [3.8, 4) is 5.88 Å². The molecule has 5 heteroatoms. The Labute approximate surface area is 95.8 Å². The molecular formula is C11H18N4O. The van der Waals surface area contributed by atoms with Gasteiger partial charge in [0.15, 0.2) is 5.82 Å². The van der Waals surface area contributed by atoms with E-state index in [1.54, 1.807) is 12.4 Å². The molecule has 1 aromatic rings. The average molecular weight is 222 g/mol. The second-order valence-corrected chi connectivity index (χ2v) is 3.99. The molecule has 5 nitrogen and oxygen atoms in total. The van der Waals surface area contributed by atoms with Crippen molar-refractivity contribution in [3.05, 3.63) is 12.4 Å². The molecule has 2 rings (SSSR count). The molecule has 2 heterocycles. The number of ether oxygens (including phenoxy) is 1. The quantitative estimate of drug-likeness (QED) is 0.793. The molecular weight excluding hydrogens is 204 g/mol. The van der Waals surface area contributed by atoms with E-state index in [4.69, 9.17) is 4.74 Å². The largest absolute Gasteiger partial charge is 0.477 e. The lowest BCUT2D eigenvalue weighted by atomic mass is 10.1. The Morgan fingerprint density at radius 2 is 2.31 bits per heavy atom. The van der Waals surface area contributed by atoms with Crippen LogP contribution in [0.2, 0.25) is 0 Å². The van der Waals surface area contributed by atoms with Crippen molar-refractivity contribution in [2.75, 3.05) is 31.6 Å². The fourth-order valence-electron chi connectivity index (χ4n) is 1.52. The van der Waals surface area contributed by atoms with Gasteiger partial charge in [0.25, 0.3) is 0 Å². The van der Waals surface area contributed by atoms with Gasteiger partial charge in [-0.05, 0) is 6.42 Å². The smallest absolute Gasteiger partial charge is 0.234 e. The zero-order chi connectivity index (χ0) is 11.4. The average Bonchev–Trinajstić information content (AvgIpc) is 2.24. The van der Waals surface area contributed by atoms with Crippen LogP contribution in [0, 0.1) is 0 Å². The molecule has 1 aliphatic heterocycles. The molecule has 1 N–H and O–H groups in total. The van der Waals surface area contributed by atoms with Crippen LogP contribution in [-0.2, 0) is 0 Å². The van der Waals surface area contributed by atoms with Crippen LogP contribution in [0.5, 0.6) is 5.88 Å². The van der Waals surface area contributed by atoms with Crippen LogP contribution in [0.15, 0.2) is 12.4 Å². The first-order valence-corrected chi connectivity index (χ1v) is 5.69. The lowest BCUT2D eigenvalue weighted by molar-refractivity contribution is 0.303. The number of likely N-dealkylation sites (N-methyl/N-ethyl adjacent to an activating group) is 1. The third-order valence-electron chi connectivity index (χ3n) is 2.72. The molecule has 1 fully saturated rings. The van der Waals surface area contributed by atoms with E-state index in [-0.39, 0.29) is 0 Å². The summed E-state index contributed by atoms with van der Waals surface area (Å²) >= 11 is 0. The molecule has 0 bridgehead atoms. The highest BCUT2D eigenvalue weighted by Gasteiger charge is 2.22. The van der Waals surface area contributed by atoms with Crippen LogP contribution >= 0.6 is 0 Å². The Hall–Kier alpha value is -1.36. The number of aromatic nitrogens is 2. The minimum atomic E-state index is 0.524. The van der Waals surface area contributed by atoms with Crippen LogP contribution in [-0.4, -0.2) is 42.8 Å². The molecule has 0 saturated carbocycles. The Morgan fingerprint density at radius 1 is 1.50 bits per heavy atom. The maximum Gasteiger partial charge on any atom is 0.234 e. The standard InChI is InChI=1S/C11H18N4O/c1-3-4-16-11-8-13-7-10(14-11)15(2)9-5-12-6-9/h7-9,12H,3-6H2,1-2H3. The molecule has 0 amide bonds. The molecule has 1 saturated heterocycles. The van der Waals surface area contributed by atoms with Gasteiger partial charge in [-0.25, -0.2) is 0 Å². The highest BCUT2D eigenvalue weighted by Crippen LogP contribution is 2.16. The summed E-state index contributed by atoms with van der Waals surface area (Å²) in [4.78, 5) is 10.7. The first-order chi connectivity index (χ1) is 7.81.